The van der Waals surface area contributed by atoms with Crippen LogP contribution in [-0.4, -0.2) is 27.5 Å². The second-order valence-corrected chi connectivity index (χ2v) is 5.32. The van der Waals surface area contributed by atoms with Crippen LogP contribution >= 0.6 is 11.6 Å². The molecule has 0 fully saturated rings. The topological polar surface area (TPSA) is 79.3 Å². The molecule has 0 spiro atoms. The molecule has 0 bridgehead atoms. The molecule has 1 amide bonds. The molecule has 0 radical (unpaired) electrons. The van der Waals surface area contributed by atoms with Crippen molar-refractivity contribution in [1.82, 2.24) is 10.3 Å². The number of halogens is 1. The summed E-state index contributed by atoms with van der Waals surface area (Å²) in [6.45, 7) is 5.22. The lowest BCUT2D eigenvalue weighted by atomic mass is 10.00. The number of aromatic nitrogens is 1. The van der Waals surface area contributed by atoms with Crippen molar-refractivity contribution in [2.24, 2.45) is 0 Å². The Bertz CT molecular complexity index is 501. The van der Waals surface area contributed by atoms with E-state index in [1.54, 1.807) is 19.9 Å². The molecule has 1 rings (SSSR count). The second kappa shape index (κ2) is 6.02. The Labute approximate surface area is 117 Å². The van der Waals surface area contributed by atoms with E-state index in [0.717, 1.165) is 0 Å². The third kappa shape index (κ3) is 4.87. The number of amides is 1. The number of carbonyl (C=O) groups excluding carboxylic acids is 1. The van der Waals surface area contributed by atoms with Crippen LogP contribution in [0.4, 0.5) is 0 Å². The molecule has 0 unspecified atom stereocenters. The molecular formula is C13H17ClN2O3. The van der Waals surface area contributed by atoms with Crippen LogP contribution in [0.15, 0.2) is 12.1 Å². The van der Waals surface area contributed by atoms with Crippen LogP contribution in [0.5, 0.6) is 0 Å². The summed E-state index contributed by atoms with van der Waals surface area (Å²) in [6.07, 6.45) is 0.511. The number of carboxylic acid groups (broad SMARTS) is 1. The first-order valence-electron chi connectivity index (χ1n) is 5.94. The number of pyridine rings is 1. The molecule has 0 aliphatic heterocycles. The van der Waals surface area contributed by atoms with Gasteiger partial charge in [0.25, 0.3) is 5.91 Å². The third-order valence-corrected chi connectivity index (χ3v) is 2.71. The Hall–Kier alpha value is -1.62. The fourth-order valence-electron chi connectivity index (χ4n) is 1.67. The highest BCUT2D eigenvalue weighted by Crippen LogP contribution is 2.14. The summed E-state index contributed by atoms with van der Waals surface area (Å²) in [6, 6.07) is 3.12. The van der Waals surface area contributed by atoms with E-state index in [0.29, 0.717) is 17.7 Å². The van der Waals surface area contributed by atoms with Crippen LogP contribution < -0.4 is 5.32 Å². The summed E-state index contributed by atoms with van der Waals surface area (Å²) >= 11 is 5.84. The number of hydrogen-bond donors (Lipinski definition) is 2. The Morgan fingerprint density at radius 3 is 2.58 bits per heavy atom. The number of aryl methyl sites for hydroxylation is 1. The predicted molar refractivity (Wildman–Crippen MR) is 72.4 cm³/mol. The lowest BCUT2D eigenvalue weighted by Gasteiger charge is -2.24. The van der Waals surface area contributed by atoms with Crippen LogP contribution in [0, 0.1) is 0 Å². The molecule has 104 valence electrons. The number of nitrogens with zero attached hydrogens (tertiary/aromatic N) is 1. The van der Waals surface area contributed by atoms with E-state index in [9.17, 15) is 9.59 Å². The maximum absolute atomic E-state index is 12.1. The van der Waals surface area contributed by atoms with E-state index in [1.807, 2.05) is 6.92 Å². The zero-order valence-corrected chi connectivity index (χ0v) is 11.9. The van der Waals surface area contributed by atoms with E-state index in [-0.39, 0.29) is 17.5 Å². The van der Waals surface area contributed by atoms with Crippen molar-refractivity contribution < 1.29 is 14.7 Å². The van der Waals surface area contributed by atoms with Gasteiger partial charge in [0.05, 0.1) is 6.42 Å². The minimum Gasteiger partial charge on any atom is -0.481 e. The Morgan fingerprint density at radius 1 is 1.42 bits per heavy atom. The summed E-state index contributed by atoms with van der Waals surface area (Å²) in [5.74, 6) is -1.32. The summed E-state index contributed by atoms with van der Waals surface area (Å²) in [5.41, 5.74) is 0.273. The van der Waals surface area contributed by atoms with Gasteiger partial charge in [-0.2, -0.15) is 0 Å². The first kappa shape index (κ1) is 15.4. The fraction of sp³-hybridized carbons (Fsp3) is 0.462. The summed E-state index contributed by atoms with van der Waals surface area (Å²) in [4.78, 5) is 26.8. The summed E-state index contributed by atoms with van der Waals surface area (Å²) in [7, 11) is 0. The highest BCUT2D eigenvalue weighted by atomic mass is 35.5. The Morgan fingerprint density at radius 2 is 2.05 bits per heavy atom. The minimum absolute atomic E-state index is 0.155. The number of rotatable bonds is 5. The highest BCUT2D eigenvalue weighted by molar-refractivity contribution is 6.29. The molecule has 6 heteroatoms. The predicted octanol–water partition coefficient (Wildman–Crippen LogP) is 2.28. The molecule has 5 nitrogen and oxygen atoms in total. The monoisotopic (exact) mass is 284 g/mol. The second-order valence-electron chi connectivity index (χ2n) is 4.93. The van der Waals surface area contributed by atoms with E-state index in [2.05, 4.69) is 10.3 Å². The van der Waals surface area contributed by atoms with Crippen molar-refractivity contribution in [3.05, 3.63) is 28.5 Å². The molecular weight excluding hydrogens is 268 g/mol. The van der Waals surface area contributed by atoms with Gasteiger partial charge >= 0.3 is 5.97 Å². The van der Waals surface area contributed by atoms with Gasteiger partial charge in [-0.3, -0.25) is 9.59 Å². The first-order valence-corrected chi connectivity index (χ1v) is 6.32. The van der Waals surface area contributed by atoms with Gasteiger partial charge in [0.15, 0.2) is 0 Å². The number of hydrogen-bond acceptors (Lipinski definition) is 3. The SMILES string of the molecule is CCc1cc(C(=O)NC(C)(C)CC(=O)O)cc(Cl)n1. The van der Waals surface area contributed by atoms with Gasteiger partial charge in [0, 0.05) is 16.8 Å². The lowest BCUT2D eigenvalue weighted by Crippen LogP contribution is -2.45. The van der Waals surface area contributed by atoms with Crippen LogP contribution in [0.2, 0.25) is 5.15 Å². The normalized spacial score (nSPS) is 11.2. The van der Waals surface area contributed by atoms with Gasteiger partial charge in [-0.1, -0.05) is 18.5 Å². The first-order chi connectivity index (χ1) is 8.73. The molecule has 1 aromatic rings. The molecule has 1 aromatic heterocycles. The van der Waals surface area contributed by atoms with Gasteiger partial charge in [-0.15, -0.1) is 0 Å². The summed E-state index contributed by atoms with van der Waals surface area (Å²) in [5, 5.41) is 11.7. The van der Waals surface area contributed by atoms with Gasteiger partial charge in [0.1, 0.15) is 5.15 Å². The molecule has 0 aromatic carbocycles. The number of nitrogens with one attached hydrogen (secondary N) is 1. The molecule has 1 heterocycles. The van der Waals surface area contributed by atoms with Crippen molar-refractivity contribution in [2.45, 2.75) is 39.2 Å². The van der Waals surface area contributed by atoms with Crippen molar-refractivity contribution in [3.63, 3.8) is 0 Å². The van der Waals surface area contributed by atoms with Crippen molar-refractivity contribution in [3.8, 4) is 0 Å². The van der Waals surface area contributed by atoms with E-state index in [4.69, 9.17) is 16.7 Å². The third-order valence-electron chi connectivity index (χ3n) is 2.52. The molecule has 0 aliphatic rings. The van der Waals surface area contributed by atoms with E-state index >= 15 is 0 Å². The maximum atomic E-state index is 12.1. The van der Waals surface area contributed by atoms with E-state index < -0.39 is 11.5 Å². The van der Waals surface area contributed by atoms with Crippen LogP contribution in [-0.2, 0) is 11.2 Å². The van der Waals surface area contributed by atoms with Gasteiger partial charge in [-0.25, -0.2) is 4.98 Å². The minimum atomic E-state index is -0.965. The van der Waals surface area contributed by atoms with Gasteiger partial charge in [-0.05, 0) is 32.4 Å². The average molecular weight is 285 g/mol. The van der Waals surface area contributed by atoms with E-state index in [1.165, 1.54) is 6.07 Å². The number of carboxylic acids is 1. The molecule has 0 atom stereocenters. The fourth-order valence-corrected chi connectivity index (χ4v) is 1.89. The lowest BCUT2D eigenvalue weighted by molar-refractivity contribution is -0.138. The Kier molecular flexibility index (Phi) is 4.89. The molecule has 19 heavy (non-hydrogen) atoms. The van der Waals surface area contributed by atoms with Gasteiger partial charge < -0.3 is 10.4 Å². The highest BCUT2D eigenvalue weighted by Gasteiger charge is 2.24. The largest absolute Gasteiger partial charge is 0.481 e. The van der Waals surface area contributed by atoms with Crippen molar-refractivity contribution in [2.75, 3.05) is 0 Å². The maximum Gasteiger partial charge on any atom is 0.305 e. The molecule has 2 N–H and O–H groups in total. The average Bonchev–Trinajstić information content (AvgIpc) is 2.25. The Balaban J connectivity index is 2.89. The molecule has 0 saturated carbocycles. The molecule has 0 saturated heterocycles. The standard InChI is InChI=1S/C13H17ClN2O3/c1-4-9-5-8(6-10(14)15-9)12(19)16-13(2,3)7-11(17)18/h5-6H,4,7H2,1-3H3,(H,16,19)(H,17,18). The number of carbonyl (C=O) groups is 2. The smallest absolute Gasteiger partial charge is 0.305 e. The zero-order valence-electron chi connectivity index (χ0n) is 11.2. The van der Waals surface area contributed by atoms with Crippen molar-refractivity contribution >= 4 is 23.5 Å². The quantitative estimate of drug-likeness (QED) is 0.813. The van der Waals surface area contributed by atoms with Crippen LogP contribution in [0.1, 0.15) is 43.2 Å². The van der Waals surface area contributed by atoms with Crippen molar-refractivity contribution in [1.29, 1.82) is 0 Å². The summed E-state index contributed by atoms with van der Waals surface area (Å²) < 4.78 is 0. The number of aliphatic carboxylic acids is 1. The van der Waals surface area contributed by atoms with Crippen LogP contribution in [0.25, 0.3) is 0 Å². The van der Waals surface area contributed by atoms with Crippen LogP contribution in [0.3, 0.4) is 0 Å². The van der Waals surface area contributed by atoms with Gasteiger partial charge in [0.2, 0.25) is 0 Å². The molecule has 0 aliphatic carbocycles. The zero-order chi connectivity index (χ0) is 14.6.